The Hall–Kier alpha value is -1.01. The Labute approximate surface area is 66.4 Å². The Morgan fingerprint density at radius 2 is 2.36 bits per heavy atom. The van der Waals surface area contributed by atoms with Gasteiger partial charge in [0.15, 0.2) is 6.10 Å². The lowest BCUT2D eigenvalue weighted by atomic mass is 10.2. The molecule has 3 heteroatoms. The molecule has 0 aromatic rings. The molecule has 62 valence electrons. The van der Waals surface area contributed by atoms with Crippen LogP contribution in [0.2, 0.25) is 0 Å². The summed E-state index contributed by atoms with van der Waals surface area (Å²) in [6.45, 7) is 3.63. The minimum absolute atomic E-state index is 0.148. The van der Waals surface area contributed by atoms with Gasteiger partial charge in [0.2, 0.25) is 0 Å². The van der Waals surface area contributed by atoms with Crippen LogP contribution in [0.4, 0.5) is 0 Å². The molecule has 11 heavy (non-hydrogen) atoms. The first kappa shape index (κ1) is 9.99. The number of aliphatic hydroxyl groups excluding tert-OH is 1. The average molecular weight is 156 g/mol. The van der Waals surface area contributed by atoms with Crippen molar-refractivity contribution in [3.63, 3.8) is 0 Å². The van der Waals surface area contributed by atoms with Crippen molar-refractivity contribution in [3.05, 3.63) is 0 Å². The number of esters is 1. The van der Waals surface area contributed by atoms with Gasteiger partial charge in [-0.3, -0.25) is 0 Å². The summed E-state index contributed by atoms with van der Waals surface area (Å²) in [5, 5.41) is 9.00. The summed E-state index contributed by atoms with van der Waals surface area (Å²) in [5.74, 6) is 4.56. The summed E-state index contributed by atoms with van der Waals surface area (Å²) in [5.41, 5.74) is 0. The number of carbonyl (C=O) groups is 1. The third-order valence-electron chi connectivity index (χ3n) is 1.03. The highest BCUT2D eigenvalue weighted by Crippen LogP contribution is 1.93. The van der Waals surface area contributed by atoms with E-state index in [9.17, 15) is 4.79 Å². The fraction of sp³-hybridized carbons (Fsp3) is 0.625. The molecule has 0 saturated carbocycles. The first-order chi connectivity index (χ1) is 5.22. The molecule has 1 atom stereocenters. The van der Waals surface area contributed by atoms with Gasteiger partial charge in [0.25, 0.3) is 0 Å². The van der Waals surface area contributed by atoms with Gasteiger partial charge in [-0.25, -0.2) is 4.79 Å². The van der Waals surface area contributed by atoms with Crippen molar-refractivity contribution in [3.8, 4) is 11.8 Å². The van der Waals surface area contributed by atoms with E-state index in [1.54, 1.807) is 13.8 Å². The summed E-state index contributed by atoms with van der Waals surface area (Å²) in [4.78, 5) is 10.7. The maximum absolute atomic E-state index is 10.7. The van der Waals surface area contributed by atoms with E-state index in [0.717, 1.165) is 0 Å². The second-order valence-corrected chi connectivity index (χ2v) is 1.90. The van der Waals surface area contributed by atoms with E-state index in [1.165, 1.54) is 0 Å². The average Bonchev–Trinajstić information content (AvgIpc) is 2.00. The minimum Gasteiger partial charge on any atom is -0.464 e. The van der Waals surface area contributed by atoms with E-state index >= 15 is 0 Å². The molecule has 0 unspecified atom stereocenters. The fourth-order valence-corrected chi connectivity index (χ4v) is 0.521. The van der Waals surface area contributed by atoms with Crippen molar-refractivity contribution in [2.75, 3.05) is 6.61 Å². The number of carbonyl (C=O) groups excluding carboxylic acids is 1. The SMILES string of the molecule is CC#CC[C@@H](O)C(=O)OCC. The Balaban J connectivity index is 3.69. The van der Waals surface area contributed by atoms with E-state index < -0.39 is 12.1 Å². The van der Waals surface area contributed by atoms with Crippen molar-refractivity contribution in [2.45, 2.75) is 26.4 Å². The van der Waals surface area contributed by atoms with Crippen molar-refractivity contribution in [1.82, 2.24) is 0 Å². The molecule has 0 rings (SSSR count). The molecule has 0 radical (unpaired) electrons. The number of rotatable bonds is 3. The van der Waals surface area contributed by atoms with Crippen molar-refractivity contribution < 1.29 is 14.6 Å². The van der Waals surface area contributed by atoms with Gasteiger partial charge in [-0.05, 0) is 13.8 Å². The molecular formula is C8H12O3. The van der Waals surface area contributed by atoms with Crippen LogP contribution >= 0.6 is 0 Å². The highest BCUT2D eigenvalue weighted by Gasteiger charge is 2.13. The van der Waals surface area contributed by atoms with Crippen LogP contribution in [0.15, 0.2) is 0 Å². The van der Waals surface area contributed by atoms with Gasteiger partial charge < -0.3 is 9.84 Å². The highest BCUT2D eigenvalue weighted by atomic mass is 16.5. The van der Waals surface area contributed by atoms with Gasteiger partial charge in [-0.15, -0.1) is 11.8 Å². The molecule has 0 aliphatic carbocycles. The Bertz CT molecular complexity index is 176. The lowest BCUT2D eigenvalue weighted by Crippen LogP contribution is -2.22. The van der Waals surface area contributed by atoms with Crippen LogP contribution in [0.25, 0.3) is 0 Å². The number of hydrogen-bond donors (Lipinski definition) is 1. The normalized spacial score (nSPS) is 11.2. The predicted octanol–water partition coefficient (Wildman–Crippen LogP) is 0.324. The second kappa shape index (κ2) is 5.75. The summed E-state index contributed by atoms with van der Waals surface area (Å²) in [6.07, 6.45) is -0.947. The first-order valence-electron chi connectivity index (χ1n) is 3.46. The highest BCUT2D eigenvalue weighted by molar-refractivity contribution is 5.74. The van der Waals surface area contributed by atoms with E-state index in [0.29, 0.717) is 0 Å². The zero-order chi connectivity index (χ0) is 8.69. The predicted molar refractivity (Wildman–Crippen MR) is 40.7 cm³/mol. The molecule has 0 aliphatic heterocycles. The van der Waals surface area contributed by atoms with E-state index in [-0.39, 0.29) is 13.0 Å². The summed E-state index contributed by atoms with van der Waals surface area (Å²) >= 11 is 0. The van der Waals surface area contributed by atoms with Gasteiger partial charge in [0.1, 0.15) is 0 Å². The van der Waals surface area contributed by atoms with E-state index in [1.807, 2.05) is 0 Å². The molecular weight excluding hydrogens is 144 g/mol. The third-order valence-corrected chi connectivity index (χ3v) is 1.03. The second-order valence-electron chi connectivity index (χ2n) is 1.90. The molecule has 0 aromatic heterocycles. The molecule has 0 saturated heterocycles. The molecule has 0 bridgehead atoms. The molecule has 0 spiro atoms. The zero-order valence-corrected chi connectivity index (χ0v) is 6.76. The van der Waals surface area contributed by atoms with Crippen LogP contribution < -0.4 is 0 Å². The van der Waals surface area contributed by atoms with Crippen LogP contribution in [-0.4, -0.2) is 23.8 Å². The lowest BCUT2D eigenvalue weighted by Gasteiger charge is -2.04. The Morgan fingerprint density at radius 1 is 1.73 bits per heavy atom. The van der Waals surface area contributed by atoms with E-state index in [2.05, 4.69) is 16.6 Å². The molecule has 0 amide bonds. The molecule has 0 fully saturated rings. The molecule has 0 aliphatic rings. The molecule has 3 nitrogen and oxygen atoms in total. The standard InChI is InChI=1S/C8H12O3/c1-3-5-6-7(9)8(10)11-4-2/h7,9H,4,6H2,1-2H3/t7-/m1/s1. The molecule has 1 N–H and O–H groups in total. The minimum atomic E-state index is -1.10. The molecule has 0 heterocycles. The van der Waals surface area contributed by atoms with Crippen LogP contribution in [0.5, 0.6) is 0 Å². The number of aliphatic hydroxyl groups is 1. The van der Waals surface area contributed by atoms with Gasteiger partial charge in [0.05, 0.1) is 6.61 Å². The van der Waals surface area contributed by atoms with Gasteiger partial charge >= 0.3 is 5.97 Å². The van der Waals surface area contributed by atoms with Gasteiger partial charge in [-0.1, -0.05) is 0 Å². The van der Waals surface area contributed by atoms with E-state index in [4.69, 9.17) is 5.11 Å². The third kappa shape index (κ3) is 4.40. The monoisotopic (exact) mass is 156 g/mol. The van der Waals surface area contributed by atoms with Crippen LogP contribution in [-0.2, 0) is 9.53 Å². The fourth-order valence-electron chi connectivity index (χ4n) is 0.521. The summed E-state index contributed by atoms with van der Waals surface area (Å²) < 4.78 is 4.54. The summed E-state index contributed by atoms with van der Waals surface area (Å²) in [6, 6.07) is 0. The van der Waals surface area contributed by atoms with Gasteiger partial charge in [-0.2, -0.15) is 0 Å². The van der Waals surface area contributed by atoms with Crippen molar-refractivity contribution in [1.29, 1.82) is 0 Å². The number of ether oxygens (including phenoxy) is 1. The Morgan fingerprint density at radius 3 is 2.82 bits per heavy atom. The van der Waals surface area contributed by atoms with Crippen LogP contribution in [0.1, 0.15) is 20.3 Å². The smallest absolute Gasteiger partial charge is 0.335 e. The topological polar surface area (TPSA) is 46.5 Å². The van der Waals surface area contributed by atoms with Crippen molar-refractivity contribution >= 4 is 5.97 Å². The van der Waals surface area contributed by atoms with Crippen LogP contribution in [0, 0.1) is 11.8 Å². The molecule has 0 aromatic carbocycles. The quantitative estimate of drug-likeness (QED) is 0.473. The first-order valence-corrected chi connectivity index (χ1v) is 3.46. The number of hydrogen-bond acceptors (Lipinski definition) is 3. The lowest BCUT2D eigenvalue weighted by molar-refractivity contribution is -0.152. The maximum atomic E-state index is 10.7. The van der Waals surface area contributed by atoms with Crippen LogP contribution in [0.3, 0.4) is 0 Å². The zero-order valence-electron chi connectivity index (χ0n) is 6.76. The summed E-state index contributed by atoms with van der Waals surface area (Å²) in [7, 11) is 0. The van der Waals surface area contributed by atoms with Gasteiger partial charge in [0, 0.05) is 6.42 Å². The maximum Gasteiger partial charge on any atom is 0.335 e. The van der Waals surface area contributed by atoms with Crippen molar-refractivity contribution in [2.24, 2.45) is 0 Å². The Kier molecular flexibility index (Phi) is 5.22. The largest absolute Gasteiger partial charge is 0.464 e.